The number of thiophene rings is 1. The molecule has 0 aliphatic carbocycles. The maximum absolute atomic E-state index is 10.5. The predicted molar refractivity (Wildman–Crippen MR) is 66.0 cm³/mol. The average molecular weight is 252 g/mol. The van der Waals surface area contributed by atoms with E-state index in [0.29, 0.717) is 5.69 Å². The summed E-state index contributed by atoms with van der Waals surface area (Å²) in [5, 5.41) is 10.7. The van der Waals surface area contributed by atoms with E-state index in [1.54, 1.807) is 12.1 Å². The fourth-order valence-corrected chi connectivity index (χ4v) is 3.13. The summed E-state index contributed by atoms with van der Waals surface area (Å²) in [6, 6.07) is 10.7. The zero-order valence-electron chi connectivity index (χ0n) is 8.12. The Hall–Kier alpha value is -1.53. The third kappa shape index (κ3) is 2.53. The van der Waals surface area contributed by atoms with Crippen molar-refractivity contribution in [3.05, 3.63) is 46.5 Å². The van der Waals surface area contributed by atoms with Crippen molar-refractivity contribution in [1.82, 2.24) is 0 Å². The number of anilines is 1. The first-order valence-corrected chi connectivity index (χ1v) is 6.06. The van der Waals surface area contributed by atoms with E-state index in [0.717, 1.165) is 20.4 Å². The summed E-state index contributed by atoms with van der Waals surface area (Å²) in [7, 11) is 0. The summed E-state index contributed by atoms with van der Waals surface area (Å²) >= 11 is 2.64. The Morgan fingerprint density at radius 3 is 2.75 bits per heavy atom. The van der Waals surface area contributed by atoms with Gasteiger partial charge in [-0.25, -0.2) is 0 Å². The Balaban J connectivity index is 2.17. The smallest absolute Gasteiger partial charge is 0.325 e. The summed E-state index contributed by atoms with van der Waals surface area (Å²) in [6.07, 6.45) is 0. The molecule has 0 atom stereocenters. The van der Waals surface area contributed by atoms with Crippen LogP contribution in [0.4, 0.5) is 10.7 Å². The molecular formula is C10H8N2O2S2. The zero-order chi connectivity index (χ0) is 11.5. The van der Waals surface area contributed by atoms with Gasteiger partial charge in [-0.1, -0.05) is 29.2 Å². The molecule has 0 unspecified atom stereocenters. The summed E-state index contributed by atoms with van der Waals surface area (Å²) in [4.78, 5) is 11.1. The van der Waals surface area contributed by atoms with Crippen molar-refractivity contribution < 1.29 is 4.92 Å². The van der Waals surface area contributed by atoms with Gasteiger partial charge in [0.25, 0.3) is 0 Å². The molecule has 0 bridgehead atoms. The molecule has 0 fully saturated rings. The van der Waals surface area contributed by atoms with Crippen LogP contribution in [-0.4, -0.2) is 4.92 Å². The van der Waals surface area contributed by atoms with E-state index < -0.39 is 0 Å². The Morgan fingerprint density at radius 2 is 2.12 bits per heavy atom. The van der Waals surface area contributed by atoms with Gasteiger partial charge in [0.05, 0.1) is 9.13 Å². The SMILES string of the molecule is Nc1cccc(Sc2ccc([N+](=O)[O-])s2)c1. The second-order valence-electron chi connectivity index (χ2n) is 3.02. The first-order chi connectivity index (χ1) is 7.65. The fourth-order valence-electron chi connectivity index (χ4n) is 1.16. The summed E-state index contributed by atoms with van der Waals surface area (Å²) in [5.41, 5.74) is 6.34. The highest BCUT2D eigenvalue weighted by molar-refractivity contribution is 8.01. The van der Waals surface area contributed by atoms with Crippen molar-refractivity contribution in [1.29, 1.82) is 0 Å². The third-order valence-corrected chi connectivity index (χ3v) is 3.98. The molecule has 4 nitrogen and oxygen atoms in total. The minimum absolute atomic E-state index is 0.159. The number of nitrogens with two attached hydrogens (primary N) is 1. The van der Waals surface area contributed by atoms with Crippen LogP contribution in [0.25, 0.3) is 0 Å². The van der Waals surface area contributed by atoms with Crippen LogP contribution in [0.1, 0.15) is 0 Å². The van der Waals surface area contributed by atoms with Gasteiger partial charge in [-0.3, -0.25) is 10.1 Å². The van der Waals surface area contributed by atoms with Crippen molar-refractivity contribution in [3.8, 4) is 0 Å². The van der Waals surface area contributed by atoms with Crippen LogP contribution in [-0.2, 0) is 0 Å². The monoisotopic (exact) mass is 252 g/mol. The van der Waals surface area contributed by atoms with Gasteiger partial charge in [0.1, 0.15) is 0 Å². The van der Waals surface area contributed by atoms with Crippen LogP contribution >= 0.6 is 23.1 Å². The van der Waals surface area contributed by atoms with Gasteiger partial charge in [-0.05, 0) is 24.3 Å². The van der Waals surface area contributed by atoms with Gasteiger partial charge >= 0.3 is 5.00 Å². The van der Waals surface area contributed by atoms with E-state index >= 15 is 0 Å². The van der Waals surface area contributed by atoms with E-state index in [2.05, 4.69) is 0 Å². The molecule has 1 heterocycles. The summed E-state index contributed by atoms with van der Waals surface area (Å²) < 4.78 is 0.886. The molecule has 2 aromatic rings. The van der Waals surface area contributed by atoms with E-state index in [4.69, 9.17) is 5.73 Å². The van der Waals surface area contributed by atoms with Crippen LogP contribution in [0.2, 0.25) is 0 Å². The molecule has 0 spiro atoms. The normalized spacial score (nSPS) is 10.2. The molecule has 0 aliphatic heterocycles. The third-order valence-electron chi connectivity index (χ3n) is 1.82. The van der Waals surface area contributed by atoms with Crippen LogP contribution in [0.5, 0.6) is 0 Å². The highest BCUT2D eigenvalue weighted by Gasteiger charge is 2.10. The number of hydrogen-bond donors (Lipinski definition) is 1. The zero-order valence-corrected chi connectivity index (χ0v) is 9.75. The van der Waals surface area contributed by atoms with Crippen LogP contribution in [0.3, 0.4) is 0 Å². The number of hydrogen-bond acceptors (Lipinski definition) is 5. The number of nitrogens with zero attached hydrogens (tertiary/aromatic N) is 1. The molecule has 0 saturated heterocycles. The first-order valence-electron chi connectivity index (χ1n) is 4.43. The maximum atomic E-state index is 10.5. The molecule has 2 rings (SSSR count). The minimum Gasteiger partial charge on any atom is -0.399 e. The maximum Gasteiger partial charge on any atom is 0.325 e. The van der Waals surface area contributed by atoms with Crippen molar-refractivity contribution in [2.45, 2.75) is 9.10 Å². The first kappa shape index (κ1) is 11.0. The van der Waals surface area contributed by atoms with Gasteiger partial charge in [0.2, 0.25) is 0 Å². The van der Waals surface area contributed by atoms with Crippen molar-refractivity contribution in [3.63, 3.8) is 0 Å². The molecule has 1 aromatic carbocycles. The number of nitrogen functional groups attached to an aromatic ring is 1. The van der Waals surface area contributed by atoms with Gasteiger partial charge in [-0.15, -0.1) is 0 Å². The number of benzene rings is 1. The van der Waals surface area contributed by atoms with Gasteiger partial charge in [-0.2, -0.15) is 0 Å². The lowest BCUT2D eigenvalue weighted by Gasteiger charge is -1.98. The average Bonchev–Trinajstić information content (AvgIpc) is 2.66. The number of nitro groups is 1. The van der Waals surface area contributed by atoms with E-state index in [-0.39, 0.29) is 9.92 Å². The quantitative estimate of drug-likeness (QED) is 0.516. The molecule has 0 amide bonds. The van der Waals surface area contributed by atoms with Gasteiger partial charge in [0.15, 0.2) is 0 Å². The molecule has 0 radical (unpaired) electrons. The van der Waals surface area contributed by atoms with Crippen LogP contribution in [0, 0.1) is 10.1 Å². The highest BCUT2D eigenvalue weighted by Crippen LogP contribution is 2.36. The molecule has 0 saturated carbocycles. The summed E-state index contributed by atoms with van der Waals surface area (Å²) in [5.74, 6) is 0. The second kappa shape index (κ2) is 4.54. The van der Waals surface area contributed by atoms with E-state index in [1.807, 2.05) is 18.2 Å². The van der Waals surface area contributed by atoms with Crippen molar-refractivity contribution >= 4 is 33.8 Å². The lowest BCUT2D eigenvalue weighted by atomic mass is 10.3. The van der Waals surface area contributed by atoms with Gasteiger partial charge < -0.3 is 5.73 Å². The van der Waals surface area contributed by atoms with Crippen molar-refractivity contribution in [2.75, 3.05) is 5.73 Å². The Labute approximate surface area is 100 Å². The standard InChI is InChI=1S/C10H8N2O2S2/c11-7-2-1-3-8(6-7)15-10-5-4-9(16-10)12(13)14/h1-6H,11H2. The van der Waals surface area contributed by atoms with Gasteiger partial charge in [0, 0.05) is 16.6 Å². The Morgan fingerprint density at radius 1 is 1.31 bits per heavy atom. The molecule has 16 heavy (non-hydrogen) atoms. The Bertz CT molecular complexity index is 525. The minimum atomic E-state index is -0.381. The number of rotatable bonds is 3. The topological polar surface area (TPSA) is 69.2 Å². The van der Waals surface area contributed by atoms with E-state index in [9.17, 15) is 10.1 Å². The summed E-state index contributed by atoms with van der Waals surface area (Å²) in [6.45, 7) is 0. The Kier molecular flexibility index (Phi) is 3.12. The lowest BCUT2D eigenvalue weighted by molar-refractivity contribution is -0.380. The highest BCUT2D eigenvalue weighted by atomic mass is 32.2. The predicted octanol–water partition coefficient (Wildman–Crippen LogP) is 3.39. The molecule has 0 aliphatic rings. The largest absolute Gasteiger partial charge is 0.399 e. The lowest BCUT2D eigenvalue weighted by Crippen LogP contribution is -1.82. The second-order valence-corrected chi connectivity index (χ2v) is 5.46. The van der Waals surface area contributed by atoms with Crippen LogP contribution < -0.4 is 5.73 Å². The molecular weight excluding hydrogens is 244 g/mol. The van der Waals surface area contributed by atoms with E-state index in [1.165, 1.54) is 17.8 Å². The molecule has 82 valence electrons. The molecule has 6 heteroatoms. The van der Waals surface area contributed by atoms with Crippen molar-refractivity contribution in [2.24, 2.45) is 0 Å². The van der Waals surface area contributed by atoms with Crippen LogP contribution in [0.15, 0.2) is 45.5 Å². The molecule has 1 aromatic heterocycles. The fraction of sp³-hybridized carbons (Fsp3) is 0. The molecule has 2 N–H and O–H groups in total.